The van der Waals surface area contributed by atoms with Gasteiger partial charge in [-0.3, -0.25) is 0 Å². The number of rotatable bonds is 7. The standard InChI is InChI=1S/C13H17Cl2F2NO/c1-8(2)5-18-6-9-3-10(14)4-11(15)13(9)19-7-12(16)17/h3-4,8,12,18H,5-7H2,1-2H3. The van der Waals surface area contributed by atoms with Crippen molar-refractivity contribution in [3.8, 4) is 5.75 Å². The van der Waals surface area contributed by atoms with Crippen LogP contribution in [0, 0.1) is 5.92 Å². The second-order valence-electron chi connectivity index (χ2n) is 4.60. The number of benzene rings is 1. The summed E-state index contributed by atoms with van der Waals surface area (Å²) in [6.45, 7) is 4.74. The summed E-state index contributed by atoms with van der Waals surface area (Å²) < 4.78 is 29.5. The lowest BCUT2D eigenvalue weighted by atomic mass is 10.1. The first kappa shape index (κ1) is 16.5. The van der Waals surface area contributed by atoms with Crippen LogP contribution in [0.4, 0.5) is 8.78 Å². The number of nitrogens with one attached hydrogen (secondary N) is 1. The first-order valence-electron chi connectivity index (χ1n) is 5.99. The first-order valence-corrected chi connectivity index (χ1v) is 6.75. The van der Waals surface area contributed by atoms with Crippen molar-refractivity contribution in [2.45, 2.75) is 26.8 Å². The largest absolute Gasteiger partial charge is 0.486 e. The average molecular weight is 312 g/mol. The molecule has 1 aromatic rings. The van der Waals surface area contributed by atoms with E-state index in [0.29, 0.717) is 23.0 Å². The lowest BCUT2D eigenvalue weighted by molar-refractivity contribution is 0.0814. The molecule has 0 aliphatic heterocycles. The van der Waals surface area contributed by atoms with Crippen LogP contribution in [0.25, 0.3) is 0 Å². The zero-order chi connectivity index (χ0) is 14.4. The monoisotopic (exact) mass is 311 g/mol. The van der Waals surface area contributed by atoms with Gasteiger partial charge in [0.25, 0.3) is 6.43 Å². The van der Waals surface area contributed by atoms with Gasteiger partial charge in [0.05, 0.1) is 5.02 Å². The van der Waals surface area contributed by atoms with Gasteiger partial charge in [-0.1, -0.05) is 37.0 Å². The molecule has 0 fully saturated rings. The Labute approximate surface area is 122 Å². The minimum absolute atomic E-state index is 0.245. The number of hydrogen-bond donors (Lipinski definition) is 1. The summed E-state index contributed by atoms with van der Waals surface area (Å²) in [5.41, 5.74) is 0.679. The van der Waals surface area contributed by atoms with E-state index >= 15 is 0 Å². The van der Waals surface area contributed by atoms with Crippen LogP contribution in [0.5, 0.6) is 5.75 Å². The summed E-state index contributed by atoms with van der Waals surface area (Å²) in [5, 5.41) is 3.90. The number of ether oxygens (including phenoxy) is 1. The van der Waals surface area contributed by atoms with Crippen LogP contribution in [0.2, 0.25) is 10.0 Å². The molecule has 2 nitrogen and oxygen atoms in total. The fraction of sp³-hybridized carbons (Fsp3) is 0.538. The third-order valence-electron chi connectivity index (χ3n) is 2.31. The van der Waals surface area contributed by atoms with Crippen molar-refractivity contribution in [1.29, 1.82) is 0 Å². The number of alkyl halides is 2. The van der Waals surface area contributed by atoms with Crippen LogP contribution in [-0.2, 0) is 6.54 Å². The van der Waals surface area contributed by atoms with Crippen LogP contribution >= 0.6 is 23.2 Å². The summed E-state index contributed by atoms with van der Waals surface area (Å²) in [4.78, 5) is 0. The highest BCUT2D eigenvalue weighted by atomic mass is 35.5. The summed E-state index contributed by atoms with van der Waals surface area (Å²) in [7, 11) is 0. The van der Waals surface area contributed by atoms with Crippen LogP contribution in [-0.4, -0.2) is 19.6 Å². The van der Waals surface area contributed by atoms with E-state index in [1.807, 2.05) is 0 Å². The second kappa shape index (κ2) is 7.88. The maximum atomic E-state index is 12.2. The van der Waals surface area contributed by atoms with Gasteiger partial charge in [-0.2, -0.15) is 0 Å². The summed E-state index contributed by atoms with van der Waals surface area (Å²) in [6.07, 6.45) is -2.54. The normalized spacial score (nSPS) is 11.4. The Morgan fingerprint density at radius 1 is 1.26 bits per heavy atom. The molecule has 0 aliphatic carbocycles. The van der Waals surface area contributed by atoms with E-state index in [4.69, 9.17) is 27.9 Å². The molecule has 0 spiro atoms. The Hall–Kier alpha value is -0.580. The van der Waals surface area contributed by atoms with Crippen molar-refractivity contribution in [3.05, 3.63) is 27.7 Å². The quantitative estimate of drug-likeness (QED) is 0.806. The second-order valence-corrected chi connectivity index (χ2v) is 5.45. The summed E-state index contributed by atoms with van der Waals surface area (Å²) in [6, 6.07) is 3.15. The van der Waals surface area contributed by atoms with Gasteiger partial charge in [0.2, 0.25) is 0 Å². The van der Waals surface area contributed by atoms with E-state index in [2.05, 4.69) is 19.2 Å². The number of hydrogen-bond acceptors (Lipinski definition) is 2. The Kier molecular flexibility index (Phi) is 6.83. The van der Waals surface area contributed by atoms with Crippen molar-refractivity contribution < 1.29 is 13.5 Å². The van der Waals surface area contributed by atoms with E-state index in [1.54, 1.807) is 6.07 Å². The average Bonchev–Trinajstić information content (AvgIpc) is 2.26. The highest BCUT2D eigenvalue weighted by Crippen LogP contribution is 2.32. The molecule has 1 aromatic carbocycles. The third kappa shape index (κ3) is 5.93. The van der Waals surface area contributed by atoms with E-state index in [-0.39, 0.29) is 10.8 Å². The molecule has 0 aromatic heterocycles. The Balaban J connectivity index is 2.80. The Bertz CT molecular complexity index is 414. The van der Waals surface area contributed by atoms with Crippen molar-refractivity contribution >= 4 is 23.2 Å². The predicted molar refractivity (Wildman–Crippen MR) is 74.5 cm³/mol. The van der Waals surface area contributed by atoms with E-state index in [0.717, 1.165) is 6.54 Å². The summed E-state index contributed by atoms with van der Waals surface area (Å²) >= 11 is 11.9. The molecule has 0 amide bonds. The van der Waals surface area contributed by atoms with Gasteiger partial charge in [-0.15, -0.1) is 0 Å². The third-order valence-corrected chi connectivity index (χ3v) is 2.81. The molecule has 0 heterocycles. The Morgan fingerprint density at radius 3 is 2.53 bits per heavy atom. The first-order chi connectivity index (χ1) is 8.90. The fourth-order valence-electron chi connectivity index (χ4n) is 1.55. The zero-order valence-corrected chi connectivity index (χ0v) is 12.4. The molecule has 0 saturated heterocycles. The molecule has 1 rings (SSSR count). The van der Waals surface area contributed by atoms with Crippen LogP contribution in [0.3, 0.4) is 0 Å². The molecular weight excluding hydrogens is 295 g/mol. The number of halogens is 4. The topological polar surface area (TPSA) is 21.3 Å². The lowest BCUT2D eigenvalue weighted by Gasteiger charge is -2.15. The van der Waals surface area contributed by atoms with Gasteiger partial charge < -0.3 is 10.1 Å². The minimum atomic E-state index is -2.54. The lowest BCUT2D eigenvalue weighted by Crippen LogP contribution is -2.20. The van der Waals surface area contributed by atoms with Gasteiger partial charge in [-0.05, 0) is 24.6 Å². The van der Waals surface area contributed by atoms with Crippen molar-refractivity contribution in [3.63, 3.8) is 0 Å². The molecule has 0 saturated carbocycles. The van der Waals surface area contributed by atoms with Gasteiger partial charge in [-0.25, -0.2) is 8.78 Å². The molecule has 0 unspecified atom stereocenters. The SMILES string of the molecule is CC(C)CNCc1cc(Cl)cc(Cl)c1OCC(F)F. The van der Waals surface area contributed by atoms with Crippen LogP contribution in [0.1, 0.15) is 19.4 Å². The predicted octanol–water partition coefficient (Wildman–Crippen LogP) is 4.38. The Morgan fingerprint density at radius 2 is 1.95 bits per heavy atom. The highest BCUT2D eigenvalue weighted by Gasteiger charge is 2.13. The van der Waals surface area contributed by atoms with Crippen molar-refractivity contribution in [2.75, 3.05) is 13.2 Å². The molecule has 108 valence electrons. The molecule has 6 heteroatoms. The van der Waals surface area contributed by atoms with E-state index < -0.39 is 13.0 Å². The molecule has 0 aliphatic rings. The van der Waals surface area contributed by atoms with Crippen molar-refractivity contribution in [2.24, 2.45) is 5.92 Å². The maximum Gasteiger partial charge on any atom is 0.272 e. The smallest absolute Gasteiger partial charge is 0.272 e. The van der Waals surface area contributed by atoms with E-state index in [9.17, 15) is 8.78 Å². The van der Waals surface area contributed by atoms with Gasteiger partial charge >= 0.3 is 0 Å². The van der Waals surface area contributed by atoms with Crippen LogP contribution in [0.15, 0.2) is 12.1 Å². The van der Waals surface area contributed by atoms with Crippen molar-refractivity contribution in [1.82, 2.24) is 5.32 Å². The van der Waals surface area contributed by atoms with Crippen LogP contribution < -0.4 is 10.1 Å². The van der Waals surface area contributed by atoms with Gasteiger partial charge in [0, 0.05) is 17.1 Å². The molecule has 1 N–H and O–H groups in total. The highest BCUT2D eigenvalue weighted by molar-refractivity contribution is 6.35. The molecule has 19 heavy (non-hydrogen) atoms. The zero-order valence-electron chi connectivity index (χ0n) is 10.9. The van der Waals surface area contributed by atoms with Gasteiger partial charge in [0.15, 0.2) is 0 Å². The maximum absolute atomic E-state index is 12.2. The van der Waals surface area contributed by atoms with Gasteiger partial charge in [0.1, 0.15) is 12.4 Å². The summed E-state index contributed by atoms with van der Waals surface area (Å²) in [5.74, 6) is 0.753. The molecule has 0 atom stereocenters. The molecule has 0 bridgehead atoms. The minimum Gasteiger partial charge on any atom is -0.486 e. The fourth-order valence-corrected chi connectivity index (χ4v) is 2.14. The van der Waals surface area contributed by atoms with E-state index in [1.165, 1.54) is 6.07 Å². The molecule has 0 radical (unpaired) electrons. The molecular formula is C13H17Cl2F2NO.